The maximum Gasteiger partial charge on any atom is 0.305 e. The topological polar surface area (TPSA) is 52.6 Å². The van der Waals surface area contributed by atoms with Gasteiger partial charge in [-0.15, -0.1) is 0 Å². The Morgan fingerprint density at radius 3 is 1.58 bits per heavy atom. The molecule has 3 rings (SSSR count). The highest BCUT2D eigenvalue weighted by Gasteiger charge is 2.42. The molecule has 0 fully saturated rings. The van der Waals surface area contributed by atoms with E-state index in [9.17, 15) is 9.59 Å². The predicted octanol–water partition coefficient (Wildman–Crippen LogP) is 6.94. The molecule has 0 aliphatic heterocycles. The fraction of sp³-hybridized carbons (Fsp3) is 0.440. The first-order valence-corrected chi connectivity index (χ1v) is 12.4. The SMILES string of the molecule is CCOC(=O)CCCC1(CCCC(=O)OCC)c2cc(Br)ccc2-c2ccc(Br)cc21. The minimum absolute atomic E-state index is 0.161. The standard InChI is InChI=1S/C25H28Br2O4/c1-3-30-23(28)7-5-13-25(14-6-8-24(29)31-4-2)21-15-17(26)9-11-19(21)20-12-10-18(27)16-22(20)25/h9-12,15-16H,3-8,13-14H2,1-2H3. The van der Waals surface area contributed by atoms with Gasteiger partial charge in [0.25, 0.3) is 0 Å². The lowest BCUT2D eigenvalue weighted by atomic mass is 9.71. The maximum atomic E-state index is 12.0. The zero-order valence-electron chi connectivity index (χ0n) is 18.0. The van der Waals surface area contributed by atoms with Crippen LogP contribution in [0.1, 0.15) is 63.5 Å². The van der Waals surface area contributed by atoms with Gasteiger partial charge in [-0.2, -0.15) is 0 Å². The highest BCUT2D eigenvalue weighted by Crippen LogP contribution is 2.55. The van der Waals surface area contributed by atoms with Gasteiger partial charge >= 0.3 is 11.9 Å². The molecule has 6 heteroatoms. The molecule has 2 aromatic carbocycles. The molecule has 4 nitrogen and oxygen atoms in total. The van der Waals surface area contributed by atoms with E-state index in [-0.39, 0.29) is 17.4 Å². The van der Waals surface area contributed by atoms with Crippen LogP contribution < -0.4 is 0 Å². The third-order valence-corrected chi connectivity index (χ3v) is 6.85. The summed E-state index contributed by atoms with van der Waals surface area (Å²) in [6.45, 7) is 4.45. The lowest BCUT2D eigenvalue weighted by molar-refractivity contribution is -0.144. The second-order valence-electron chi connectivity index (χ2n) is 7.78. The molecule has 0 heterocycles. The zero-order valence-corrected chi connectivity index (χ0v) is 21.2. The molecule has 0 amide bonds. The molecule has 0 spiro atoms. The molecular formula is C25H28Br2O4. The van der Waals surface area contributed by atoms with Crippen molar-refractivity contribution in [3.05, 3.63) is 56.5 Å². The van der Waals surface area contributed by atoms with E-state index in [4.69, 9.17) is 9.47 Å². The van der Waals surface area contributed by atoms with Gasteiger partial charge in [-0.05, 0) is 86.1 Å². The summed E-state index contributed by atoms with van der Waals surface area (Å²) in [6, 6.07) is 12.8. The summed E-state index contributed by atoms with van der Waals surface area (Å²) in [4.78, 5) is 24.0. The zero-order chi connectivity index (χ0) is 22.4. The summed E-state index contributed by atoms with van der Waals surface area (Å²) in [5.41, 5.74) is 4.68. The Morgan fingerprint density at radius 2 is 1.19 bits per heavy atom. The summed E-state index contributed by atoms with van der Waals surface area (Å²) in [6.07, 6.45) is 3.83. The number of hydrogen-bond donors (Lipinski definition) is 0. The Hall–Kier alpha value is -1.66. The lowest BCUT2D eigenvalue weighted by Crippen LogP contribution is -2.26. The van der Waals surface area contributed by atoms with Crippen molar-refractivity contribution < 1.29 is 19.1 Å². The van der Waals surface area contributed by atoms with Crippen molar-refractivity contribution >= 4 is 43.8 Å². The van der Waals surface area contributed by atoms with Crippen molar-refractivity contribution in [3.63, 3.8) is 0 Å². The molecule has 1 aliphatic carbocycles. The lowest BCUT2D eigenvalue weighted by Gasteiger charge is -2.33. The number of fused-ring (bicyclic) bond motifs is 3. The summed E-state index contributed by atoms with van der Waals surface area (Å²) in [5.74, 6) is -0.322. The number of benzene rings is 2. The highest BCUT2D eigenvalue weighted by atomic mass is 79.9. The van der Waals surface area contributed by atoms with Crippen molar-refractivity contribution in [2.75, 3.05) is 13.2 Å². The molecule has 0 saturated carbocycles. The van der Waals surface area contributed by atoms with Crippen LogP contribution in [-0.4, -0.2) is 25.2 Å². The van der Waals surface area contributed by atoms with E-state index in [1.807, 2.05) is 13.8 Å². The first-order valence-electron chi connectivity index (χ1n) is 10.8. The van der Waals surface area contributed by atoms with Crippen LogP contribution in [0.5, 0.6) is 0 Å². The highest BCUT2D eigenvalue weighted by molar-refractivity contribution is 9.10. The Kier molecular flexibility index (Phi) is 8.34. The number of halogens is 2. The Bertz CT molecular complexity index is 877. The maximum absolute atomic E-state index is 12.0. The average Bonchev–Trinajstić information content (AvgIpc) is 2.97. The second kappa shape index (κ2) is 10.8. The average molecular weight is 552 g/mol. The third-order valence-electron chi connectivity index (χ3n) is 5.86. The molecule has 0 aromatic heterocycles. The van der Waals surface area contributed by atoms with Gasteiger partial charge in [0, 0.05) is 27.2 Å². The van der Waals surface area contributed by atoms with Gasteiger partial charge in [0.05, 0.1) is 13.2 Å². The smallest absolute Gasteiger partial charge is 0.305 e. The summed E-state index contributed by atoms with van der Waals surface area (Å²) < 4.78 is 12.3. The summed E-state index contributed by atoms with van der Waals surface area (Å²) in [7, 11) is 0. The van der Waals surface area contributed by atoms with E-state index in [0.717, 1.165) is 34.6 Å². The monoisotopic (exact) mass is 550 g/mol. The summed E-state index contributed by atoms with van der Waals surface area (Å²) >= 11 is 7.28. The molecule has 0 atom stereocenters. The largest absolute Gasteiger partial charge is 0.466 e. The van der Waals surface area contributed by atoms with Gasteiger partial charge in [-0.3, -0.25) is 9.59 Å². The van der Waals surface area contributed by atoms with Gasteiger partial charge in [-0.25, -0.2) is 0 Å². The van der Waals surface area contributed by atoms with E-state index in [1.165, 1.54) is 22.3 Å². The van der Waals surface area contributed by atoms with Crippen LogP contribution in [0, 0.1) is 0 Å². The number of carbonyl (C=O) groups excluding carboxylic acids is 2. The third kappa shape index (κ3) is 5.40. The second-order valence-corrected chi connectivity index (χ2v) is 9.61. The molecule has 166 valence electrons. The van der Waals surface area contributed by atoms with Crippen molar-refractivity contribution in [1.29, 1.82) is 0 Å². The van der Waals surface area contributed by atoms with Gasteiger partial charge in [-0.1, -0.05) is 44.0 Å². The number of esters is 2. The molecule has 0 radical (unpaired) electrons. The predicted molar refractivity (Wildman–Crippen MR) is 129 cm³/mol. The summed E-state index contributed by atoms with van der Waals surface area (Å²) in [5, 5.41) is 0. The molecule has 0 unspecified atom stereocenters. The first-order chi connectivity index (χ1) is 14.9. The Morgan fingerprint density at radius 1 is 0.774 bits per heavy atom. The van der Waals surface area contributed by atoms with Crippen molar-refractivity contribution in [3.8, 4) is 11.1 Å². The molecule has 0 saturated heterocycles. The van der Waals surface area contributed by atoms with E-state index in [2.05, 4.69) is 68.3 Å². The van der Waals surface area contributed by atoms with Crippen LogP contribution in [0.2, 0.25) is 0 Å². The van der Waals surface area contributed by atoms with Gasteiger partial charge in [0.15, 0.2) is 0 Å². The number of hydrogen-bond acceptors (Lipinski definition) is 4. The van der Waals surface area contributed by atoms with Crippen LogP contribution in [0.25, 0.3) is 11.1 Å². The van der Waals surface area contributed by atoms with Crippen LogP contribution >= 0.6 is 31.9 Å². The van der Waals surface area contributed by atoms with Crippen LogP contribution in [0.3, 0.4) is 0 Å². The van der Waals surface area contributed by atoms with Crippen LogP contribution in [-0.2, 0) is 24.5 Å². The fourth-order valence-electron chi connectivity index (χ4n) is 4.64. The van der Waals surface area contributed by atoms with Gasteiger partial charge in [0.1, 0.15) is 0 Å². The first kappa shape index (κ1) is 24.0. The Balaban J connectivity index is 1.97. The molecule has 2 aromatic rings. The fourth-order valence-corrected chi connectivity index (χ4v) is 5.36. The van der Waals surface area contributed by atoms with E-state index in [0.29, 0.717) is 26.1 Å². The van der Waals surface area contributed by atoms with Gasteiger partial charge < -0.3 is 9.47 Å². The Labute approximate surface area is 201 Å². The molecule has 31 heavy (non-hydrogen) atoms. The van der Waals surface area contributed by atoms with Crippen molar-refractivity contribution in [1.82, 2.24) is 0 Å². The van der Waals surface area contributed by atoms with E-state index >= 15 is 0 Å². The molecule has 1 aliphatic rings. The molecule has 0 N–H and O–H groups in total. The number of ether oxygens (including phenoxy) is 2. The molecular weight excluding hydrogens is 524 g/mol. The van der Waals surface area contributed by atoms with Crippen LogP contribution in [0.4, 0.5) is 0 Å². The van der Waals surface area contributed by atoms with E-state index < -0.39 is 0 Å². The minimum Gasteiger partial charge on any atom is -0.466 e. The minimum atomic E-state index is -0.267. The molecule has 0 bridgehead atoms. The number of carbonyl (C=O) groups is 2. The number of rotatable bonds is 10. The normalized spacial score (nSPS) is 13.4. The quantitative estimate of drug-likeness (QED) is 0.300. The van der Waals surface area contributed by atoms with E-state index in [1.54, 1.807) is 0 Å². The van der Waals surface area contributed by atoms with Crippen molar-refractivity contribution in [2.24, 2.45) is 0 Å². The van der Waals surface area contributed by atoms with Gasteiger partial charge in [0.2, 0.25) is 0 Å². The van der Waals surface area contributed by atoms with Crippen molar-refractivity contribution in [2.45, 2.75) is 57.8 Å². The van der Waals surface area contributed by atoms with Crippen LogP contribution in [0.15, 0.2) is 45.3 Å².